The predicted molar refractivity (Wildman–Crippen MR) is 65.7 cm³/mol. The number of halogens is 1. The number of anilines is 1. The highest BCUT2D eigenvalue weighted by Crippen LogP contribution is 2.30. The van der Waals surface area contributed by atoms with Crippen LogP contribution in [-0.2, 0) is 0 Å². The minimum Gasteiger partial charge on any atom is -0.385 e. The zero-order valence-corrected chi connectivity index (χ0v) is 9.66. The van der Waals surface area contributed by atoms with Gasteiger partial charge in [0.1, 0.15) is 5.82 Å². The van der Waals surface area contributed by atoms with Crippen LogP contribution < -0.4 is 5.73 Å². The van der Waals surface area contributed by atoms with Crippen molar-refractivity contribution in [2.24, 2.45) is 0 Å². The molecule has 2 N–H and O–H groups in total. The molecule has 0 amide bonds. The fraction of sp³-hybridized carbons (Fsp3) is 0. The Morgan fingerprint density at radius 2 is 2.06 bits per heavy atom. The maximum atomic E-state index is 5.90. The molecule has 4 nitrogen and oxygen atoms in total. The van der Waals surface area contributed by atoms with Gasteiger partial charge >= 0.3 is 0 Å². The first-order chi connectivity index (χ1) is 7.75. The molecule has 3 heterocycles. The normalized spacial score (nSPS) is 11.1. The minimum atomic E-state index is 0.613. The summed E-state index contributed by atoms with van der Waals surface area (Å²) in [6, 6.07) is 9.28. The van der Waals surface area contributed by atoms with Crippen molar-refractivity contribution in [2.45, 2.75) is 0 Å². The number of rotatable bonds is 1. The minimum absolute atomic E-state index is 0.613. The van der Waals surface area contributed by atoms with Crippen molar-refractivity contribution in [1.82, 2.24) is 14.6 Å². The fourth-order valence-electron chi connectivity index (χ4n) is 1.56. The number of nitrogens with two attached hydrogens (primary N) is 1. The van der Waals surface area contributed by atoms with Gasteiger partial charge in [0.15, 0.2) is 11.5 Å². The quantitative estimate of drug-likeness (QED) is 0.722. The monoisotopic (exact) mass is 250 g/mol. The molecule has 0 saturated heterocycles. The van der Waals surface area contributed by atoms with E-state index in [2.05, 4.69) is 10.2 Å². The largest absolute Gasteiger partial charge is 0.385 e. The fourth-order valence-corrected chi connectivity index (χ4v) is 2.58. The Morgan fingerprint density at radius 1 is 1.19 bits per heavy atom. The van der Waals surface area contributed by atoms with Gasteiger partial charge in [0, 0.05) is 0 Å². The molecule has 0 fully saturated rings. The third-order valence-corrected chi connectivity index (χ3v) is 3.48. The first-order valence-corrected chi connectivity index (χ1v) is 5.80. The molecule has 0 radical (unpaired) electrons. The number of pyridine rings is 1. The Balaban J connectivity index is 2.32. The summed E-state index contributed by atoms with van der Waals surface area (Å²) < 4.78 is 2.53. The predicted octanol–water partition coefficient (Wildman–Crippen LogP) is 2.69. The number of hydrogen-bond acceptors (Lipinski definition) is 4. The summed E-state index contributed by atoms with van der Waals surface area (Å²) in [6.07, 6.45) is 0. The summed E-state index contributed by atoms with van der Waals surface area (Å²) in [7, 11) is 0. The van der Waals surface area contributed by atoms with Crippen molar-refractivity contribution in [2.75, 3.05) is 5.73 Å². The molecule has 0 saturated carbocycles. The van der Waals surface area contributed by atoms with Gasteiger partial charge in [-0.25, -0.2) is 0 Å². The van der Waals surface area contributed by atoms with E-state index in [4.69, 9.17) is 17.3 Å². The number of hydrogen-bond donors (Lipinski definition) is 1. The van der Waals surface area contributed by atoms with Crippen LogP contribution in [0.15, 0.2) is 30.3 Å². The average molecular weight is 251 g/mol. The van der Waals surface area contributed by atoms with Crippen LogP contribution in [0.5, 0.6) is 0 Å². The number of fused-ring (bicyclic) bond motifs is 1. The molecule has 0 atom stereocenters. The Kier molecular flexibility index (Phi) is 2.08. The van der Waals surface area contributed by atoms with E-state index in [-0.39, 0.29) is 0 Å². The van der Waals surface area contributed by atoms with Gasteiger partial charge in [-0.3, -0.25) is 4.40 Å². The highest BCUT2D eigenvalue weighted by Gasteiger charge is 2.11. The highest BCUT2D eigenvalue weighted by molar-refractivity contribution is 7.19. The van der Waals surface area contributed by atoms with E-state index >= 15 is 0 Å². The van der Waals surface area contributed by atoms with Gasteiger partial charge in [-0.1, -0.05) is 17.7 Å². The zero-order valence-electron chi connectivity index (χ0n) is 8.09. The molecular formula is C10H7ClN4S. The van der Waals surface area contributed by atoms with Gasteiger partial charge < -0.3 is 5.73 Å². The topological polar surface area (TPSA) is 56.2 Å². The summed E-state index contributed by atoms with van der Waals surface area (Å²) in [5.74, 6) is 1.34. The number of thiophene rings is 1. The zero-order chi connectivity index (χ0) is 11.1. The molecule has 0 aliphatic carbocycles. The van der Waals surface area contributed by atoms with Crippen LogP contribution in [0.25, 0.3) is 16.3 Å². The summed E-state index contributed by atoms with van der Waals surface area (Å²) in [4.78, 5) is 0.954. The van der Waals surface area contributed by atoms with Gasteiger partial charge in [0.2, 0.25) is 0 Å². The van der Waals surface area contributed by atoms with Crippen LogP contribution >= 0.6 is 22.9 Å². The summed E-state index contributed by atoms with van der Waals surface area (Å²) in [6.45, 7) is 0. The van der Waals surface area contributed by atoms with Crippen molar-refractivity contribution < 1.29 is 0 Å². The Hall–Kier alpha value is -1.59. The van der Waals surface area contributed by atoms with Crippen molar-refractivity contribution in [3.63, 3.8) is 0 Å². The Morgan fingerprint density at radius 3 is 2.81 bits per heavy atom. The molecule has 6 heteroatoms. The van der Waals surface area contributed by atoms with E-state index < -0.39 is 0 Å². The van der Waals surface area contributed by atoms with Gasteiger partial charge in [-0.15, -0.1) is 21.5 Å². The van der Waals surface area contributed by atoms with E-state index in [1.807, 2.05) is 34.7 Å². The van der Waals surface area contributed by atoms with Gasteiger partial charge in [-0.05, 0) is 24.3 Å². The van der Waals surface area contributed by atoms with E-state index in [0.717, 1.165) is 20.7 Å². The van der Waals surface area contributed by atoms with Crippen LogP contribution in [0.3, 0.4) is 0 Å². The van der Waals surface area contributed by atoms with E-state index in [1.54, 1.807) is 0 Å². The van der Waals surface area contributed by atoms with E-state index in [9.17, 15) is 0 Å². The van der Waals surface area contributed by atoms with Gasteiger partial charge in [0.25, 0.3) is 0 Å². The van der Waals surface area contributed by atoms with Crippen LogP contribution in [-0.4, -0.2) is 14.6 Å². The molecule has 3 aromatic rings. The van der Waals surface area contributed by atoms with E-state index in [1.165, 1.54) is 11.3 Å². The molecule has 0 aliphatic heterocycles. The Labute approximate surface area is 100 Å². The highest BCUT2D eigenvalue weighted by atomic mass is 35.5. The maximum absolute atomic E-state index is 5.90. The molecule has 0 spiro atoms. The third-order valence-electron chi connectivity index (χ3n) is 2.25. The second-order valence-electron chi connectivity index (χ2n) is 3.27. The van der Waals surface area contributed by atoms with Gasteiger partial charge in [0.05, 0.1) is 9.21 Å². The smallest absolute Gasteiger partial charge is 0.180 e. The van der Waals surface area contributed by atoms with Crippen LogP contribution in [0, 0.1) is 0 Å². The number of nitrogen functional groups attached to an aromatic ring is 1. The summed E-state index contributed by atoms with van der Waals surface area (Å²) in [5, 5.41) is 8.19. The van der Waals surface area contributed by atoms with Crippen LogP contribution in [0.1, 0.15) is 0 Å². The van der Waals surface area contributed by atoms with Crippen molar-refractivity contribution in [3.8, 4) is 10.7 Å². The molecule has 0 aliphatic rings. The SMILES string of the molecule is Nc1cccc2nnc(-c3ccc(Cl)s3)n12. The molecule has 0 bridgehead atoms. The summed E-state index contributed by atoms with van der Waals surface area (Å²) in [5.41, 5.74) is 6.64. The second-order valence-corrected chi connectivity index (χ2v) is 4.99. The van der Waals surface area contributed by atoms with Crippen LogP contribution in [0.2, 0.25) is 4.34 Å². The lowest BCUT2D eigenvalue weighted by molar-refractivity contribution is 1.12. The molecule has 16 heavy (non-hydrogen) atoms. The standard InChI is InChI=1S/C10H7ClN4S/c11-7-5-4-6(16-7)10-14-13-9-3-1-2-8(12)15(9)10/h1-5H,12H2. The van der Waals surface area contributed by atoms with Crippen LogP contribution in [0.4, 0.5) is 5.82 Å². The maximum Gasteiger partial charge on any atom is 0.180 e. The van der Waals surface area contributed by atoms with Crippen molar-refractivity contribution in [3.05, 3.63) is 34.7 Å². The molecule has 3 rings (SSSR count). The van der Waals surface area contributed by atoms with Gasteiger partial charge in [-0.2, -0.15) is 0 Å². The summed E-state index contributed by atoms with van der Waals surface area (Å²) >= 11 is 7.35. The lowest BCUT2D eigenvalue weighted by atomic mass is 10.4. The third kappa shape index (κ3) is 1.36. The molecule has 80 valence electrons. The molecule has 0 unspecified atom stereocenters. The average Bonchev–Trinajstić information content (AvgIpc) is 2.84. The molecule has 3 aromatic heterocycles. The van der Waals surface area contributed by atoms with Crippen molar-refractivity contribution in [1.29, 1.82) is 0 Å². The first kappa shape index (κ1) is 9.62. The van der Waals surface area contributed by atoms with E-state index in [0.29, 0.717) is 5.82 Å². The second kappa shape index (κ2) is 3.47. The van der Waals surface area contributed by atoms with Crippen molar-refractivity contribution >= 4 is 34.4 Å². The first-order valence-electron chi connectivity index (χ1n) is 4.61. The lowest BCUT2D eigenvalue weighted by Gasteiger charge is -2.00. The number of nitrogens with zero attached hydrogens (tertiary/aromatic N) is 3. The molecule has 0 aromatic carbocycles. The Bertz CT molecular complexity index is 658. The lowest BCUT2D eigenvalue weighted by Crippen LogP contribution is -1.97. The number of aromatic nitrogens is 3. The molecular weight excluding hydrogens is 244 g/mol.